The highest BCUT2D eigenvalue weighted by atomic mass is 32.2. The summed E-state index contributed by atoms with van der Waals surface area (Å²) in [5, 5.41) is 9.13. The average Bonchev–Trinajstić information content (AvgIpc) is 2.97. The zero-order valence-corrected chi connectivity index (χ0v) is 23.5. The van der Waals surface area contributed by atoms with Crippen LogP contribution in [0.2, 0.25) is 0 Å². The van der Waals surface area contributed by atoms with Crippen molar-refractivity contribution in [2.75, 3.05) is 25.1 Å². The molecule has 0 heterocycles. The molecule has 0 spiro atoms. The molecule has 0 saturated carbocycles. The standard InChI is InChI=1S/C30H30FN3O5S/c1-20(2)18-33-40(37,38)27-14-10-24(11-15-27)23-8-12-26(13-9-23)34(19-28(35)39-4)30(36)29(31)21(3)25-7-5-6-22(16-25)17-32/h5-16,20,33H,18-19H2,1-4H3/b29-21+. The number of nitriles is 1. The predicted octanol–water partition coefficient (Wildman–Crippen LogP) is 5.07. The Morgan fingerprint density at radius 2 is 1.62 bits per heavy atom. The van der Waals surface area contributed by atoms with Gasteiger partial charge in [0.05, 0.1) is 23.6 Å². The summed E-state index contributed by atoms with van der Waals surface area (Å²) >= 11 is 0. The van der Waals surface area contributed by atoms with Gasteiger partial charge in [0.2, 0.25) is 10.0 Å². The number of nitrogens with one attached hydrogen (secondary N) is 1. The van der Waals surface area contributed by atoms with Gasteiger partial charge in [-0.25, -0.2) is 17.5 Å². The van der Waals surface area contributed by atoms with Gasteiger partial charge in [-0.05, 0) is 71.5 Å². The molecule has 1 N–H and O–H groups in total. The second-order valence-corrected chi connectivity index (χ2v) is 11.2. The largest absolute Gasteiger partial charge is 0.468 e. The highest BCUT2D eigenvalue weighted by Crippen LogP contribution is 2.28. The summed E-state index contributed by atoms with van der Waals surface area (Å²) in [4.78, 5) is 26.4. The number of amides is 1. The number of nitrogens with zero attached hydrogens (tertiary/aromatic N) is 2. The Kier molecular flexibility index (Phi) is 9.93. The van der Waals surface area contributed by atoms with Crippen LogP contribution in [0.4, 0.5) is 10.1 Å². The molecular weight excluding hydrogens is 533 g/mol. The van der Waals surface area contributed by atoms with Gasteiger partial charge in [0.1, 0.15) is 6.54 Å². The maximum atomic E-state index is 15.4. The molecule has 8 nitrogen and oxygen atoms in total. The maximum absolute atomic E-state index is 15.4. The number of carbonyl (C=O) groups excluding carboxylic acids is 2. The fourth-order valence-electron chi connectivity index (χ4n) is 3.72. The third-order valence-corrected chi connectivity index (χ3v) is 7.50. The molecule has 0 saturated heterocycles. The Labute approximate surface area is 233 Å². The first kappa shape index (κ1) is 30.2. The van der Waals surface area contributed by atoms with Gasteiger partial charge in [-0.1, -0.05) is 50.2 Å². The van der Waals surface area contributed by atoms with Crippen molar-refractivity contribution in [1.82, 2.24) is 4.72 Å². The number of methoxy groups -OCH3 is 1. The molecule has 0 bridgehead atoms. The fraction of sp³-hybridized carbons (Fsp3) is 0.233. The molecule has 1 amide bonds. The number of sulfonamides is 1. The highest BCUT2D eigenvalue weighted by Gasteiger charge is 2.25. The molecular formula is C30H30FN3O5S. The lowest BCUT2D eigenvalue weighted by molar-refractivity contribution is -0.139. The lowest BCUT2D eigenvalue weighted by Crippen LogP contribution is -2.36. The second kappa shape index (κ2) is 13.2. The Morgan fingerprint density at radius 1 is 1.02 bits per heavy atom. The van der Waals surface area contributed by atoms with Gasteiger partial charge in [0.25, 0.3) is 5.91 Å². The number of esters is 1. The van der Waals surface area contributed by atoms with E-state index in [0.29, 0.717) is 23.2 Å². The number of benzene rings is 3. The minimum Gasteiger partial charge on any atom is -0.468 e. The Bertz CT molecular complexity index is 1560. The lowest BCUT2D eigenvalue weighted by atomic mass is 10.0. The molecule has 0 aliphatic carbocycles. The minimum atomic E-state index is -3.63. The molecule has 3 rings (SSSR count). The summed E-state index contributed by atoms with van der Waals surface area (Å²) in [6.07, 6.45) is 0. The van der Waals surface area contributed by atoms with Crippen molar-refractivity contribution in [2.24, 2.45) is 5.92 Å². The van der Waals surface area contributed by atoms with Gasteiger partial charge in [0, 0.05) is 12.2 Å². The predicted molar refractivity (Wildman–Crippen MR) is 151 cm³/mol. The van der Waals surface area contributed by atoms with Crippen LogP contribution >= 0.6 is 0 Å². The van der Waals surface area contributed by atoms with Gasteiger partial charge in [-0.2, -0.15) is 5.26 Å². The van der Waals surface area contributed by atoms with Gasteiger partial charge < -0.3 is 4.74 Å². The van der Waals surface area contributed by atoms with Crippen LogP contribution in [0.15, 0.2) is 83.5 Å². The zero-order valence-electron chi connectivity index (χ0n) is 22.6. The fourth-order valence-corrected chi connectivity index (χ4v) is 4.94. The van der Waals surface area contributed by atoms with Crippen LogP contribution < -0.4 is 9.62 Å². The Balaban J connectivity index is 1.89. The summed E-state index contributed by atoms with van der Waals surface area (Å²) in [5.74, 6) is -2.69. The van der Waals surface area contributed by atoms with Gasteiger partial charge in [0.15, 0.2) is 5.83 Å². The van der Waals surface area contributed by atoms with E-state index < -0.39 is 34.3 Å². The topological polar surface area (TPSA) is 117 Å². The number of allylic oxidation sites excluding steroid dienone is 1. The Morgan fingerprint density at radius 3 is 2.17 bits per heavy atom. The van der Waals surface area contributed by atoms with Crippen molar-refractivity contribution in [2.45, 2.75) is 25.7 Å². The number of halogens is 1. The monoisotopic (exact) mass is 563 g/mol. The first-order valence-electron chi connectivity index (χ1n) is 12.4. The van der Waals surface area contributed by atoms with Crippen molar-refractivity contribution in [3.8, 4) is 17.2 Å². The van der Waals surface area contributed by atoms with E-state index in [4.69, 9.17) is 10.00 Å². The van der Waals surface area contributed by atoms with Crippen molar-refractivity contribution < 1.29 is 27.1 Å². The molecule has 0 atom stereocenters. The van der Waals surface area contributed by atoms with Crippen molar-refractivity contribution in [3.05, 3.63) is 89.8 Å². The van der Waals surface area contributed by atoms with Crippen LogP contribution in [0.1, 0.15) is 31.9 Å². The molecule has 10 heteroatoms. The molecule has 3 aromatic rings. The van der Waals surface area contributed by atoms with Crippen LogP contribution in [0.5, 0.6) is 0 Å². The molecule has 40 heavy (non-hydrogen) atoms. The van der Waals surface area contributed by atoms with E-state index >= 15 is 4.39 Å². The van der Waals surface area contributed by atoms with Crippen LogP contribution in [-0.4, -0.2) is 40.5 Å². The average molecular weight is 564 g/mol. The molecule has 0 unspecified atom stereocenters. The number of rotatable bonds is 10. The molecule has 0 aliphatic heterocycles. The quantitative estimate of drug-likeness (QED) is 0.272. The Hall–Kier alpha value is -4.33. The molecule has 0 radical (unpaired) electrons. The number of hydrogen-bond acceptors (Lipinski definition) is 6. The third kappa shape index (κ3) is 7.40. The van der Waals surface area contributed by atoms with Crippen LogP contribution in [0.3, 0.4) is 0 Å². The number of hydrogen-bond donors (Lipinski definition) is 1. The molecule has 208 valence electrons. The van der Waals surface area contributed by atoms with Gasteiger partial charge in [-0.3, -0.25) is 14.5 Å². The summed E-state index contributed by atoms with van der Waals surface area (Å²) in [6, 6.07) is 21.0. The molecule has 0 aromatic heterocycles. The van der Waals surface area contributed by atoms with Crippen molar-refractivity contribution in [1.29, 1.82) is 5.26 Å². The van der Waals surface area contributed by atoms with Crippen molar-refractivity contribution in [3.63, 3.8) is 0 Å². The number of carbonyl (C=O) groups is 2. The van der Waals surface area contributed by atoms with Crippen LogP contribution in [0.25, 0.3) is 16.7 Å². The molecule has 3 aromatic carbocycles. The first-order valence-corrected chi connectivity index (χ1v) is 13.9. The van der Waals surface area contributed by atoms with Crippen LogP contribution in [0, 0.1) is 17.2 Å². The van der Waals surface area contributed by atoms with Gasteiger partial charge >= 0.3 is 5.97 Å². The first-order chi connectivity index (χ1) is 19.0. The lowest BCUT2D eigenvalue weighted by Gasteiger charge is -2.22. The van der Waals surface area contributed by atoms with E-state index in [1.54, 1.807) is 54.6 Å². The van der Waals surface area contributed by atoms with E-state index in [0.717, 1.165) is 10.5 Å². The van der Waals surface area contributed by atoms with E-state index in [9.17, 15) is 18.0 Å². The van der Waals surface area contributed by atoms with Crippen molar-refractivity contribution >= 4 is 33.2 Å². The maximum Gasteiger partial charge on any atom is 0.325 e. The van der Waals surface area contributed by atoms with E-state index in [1.165, 1.54) is 32.2 Å². The number of ether oxygens (including phenoxy) is 1. The van der Waals surface area contributed by atoms with E-state index in [2.05, 4.69) is 4.72 Å². The van der Waals surface area contributed by atoms with E-state index in [1.807, 2.05) is 19.9 Å². The van der Waals surface area contributed by atoms with Crippen LogP contribution in [-0.2, 0) is 24.3 Å². The molecule has 0 fully saturated rings. The minimum absolute atomic E-state index is 0.0199. The zero-order chi connectivity index (χ0) is 29.4. The highest BCUT2D eigenvalue weighted by molar-refractivity contribution is 7.89. The summed E-state index contributed by atoms with van der Waals surface area (Å²) in [5.41, 5.74) is 2.39. The normalized spacial score (nSPS) is 11.9. The summed E-state index contributed by atoms with van der Waals surface area (Å²) in [7, 11) is -2.46. The smallest absolute Gasteiger partial charge is 0.325 e. The third-order valence-electron chi connectivity index (χ3n) is 6.06. The molecule has 0 aliphatic rings. The number of anilines is 1. The summed E-state index contributed by atoms with van der Waals surface area (Å²) < 4.78 is 47.6. The SMILES string of the molecule is COC(=O)CN(C(=O)/C(F)=C(/C)c1cccc(C#N)c1)c1ccc(-c2ccc(S(=O)(=O)NCC(C)C)cc2)cc1. The second-order valence-electron chi connectivity index (χ2n) is 9.42. The van der Waals surface area contributed by atoms with E-state index in [-0.39, 0.29) is 22.1 Å². The van der Waals surface area contributed by atoms with Gasteiger partial charge in [-0.15, -0.1) is 0 Å². The summed E-state index contributed by atoms with van der Waals surface area (Å²) in [6.45, 7) is 5.05.